The predicted octanol–water partition coefficient (Wildman–Crippen LogP) is 3.56. The third kappa shape index (κ3) is 4.07. The van der Waals surface area contributed by atoms with Gasteiger partial charge >= 0.3 is 6.03 Å². The number of halogens is 1. The van der Waals surface area contributed by atoms with Gasteiger partial charge in [-0.1, -0.05) is 29.8 Å². The number of pyridine rings is 2. The molecule has 0 saturated carbocycles. The molecule has 34 heavy (non-hydrogen) atoms. The second kappa shape index (κ2) is 8.51. The molecule has 0 aliphatic carbocycles. The standard InChI is InChI=1S/C22H18ClN5O4S2/c1-27-11-16-14-4-2-3-5-15(14)21(29)28(17(16)12-27)19-8-6-13(10-24-19)25-22(30)26-34(31,32)20-9-7-18(23)33-20/h2-10H,11-12H2,1H3,(H2,25,26,30). The number of benzene rings is 1. The lowest BCUT2D eigenvalue weighted by molar-refractivity contribution is 0.256. The third-order valence-electron chi connectivity index (χ3n) is 5.43. The van der Waals surface area contributed by atoms with E-state index in [-0.39, 0.29) is 15.5 Å². The number of hydrogen-bond donors (Lipinski definition) is 2. The summed E-state index contributed by atoms with van der Waals surface area (Å²) in [6.45, 7) is 1.32. The number of thiophene rings is 1. The molecule has 0 bridgehead atoms. The lowest BCUT2D eigenvalue weighted by Gasteiger charge is -2.14. The molecule has 0 saturated heterocycles. The Balaban J connectivity index is 1.42. The van der Waals surface area contributed by atoms with E-state index in [1.807, 2.05) is 30.0 Å². The smallest absolute Gasteiger partial charge is 0.306 e. The fourth-order valence-electron chi connectivity index (χ4n) is 4.00. The number of urea groups is 1. The SMILES string of the molecule is CN1Cc2c(n(-c3ccc(NC(=O)NS(=O)(=O)c4ccc(Cl)s4)cn3)c(=O)c3ccccc23)C1. The van der Waals surface area contributed by atoms with Crippen LogP contribution in [0.5, 0.6) is 0 Å². The molecule has 1 aliphatic heterocycles. The number of aromatic nitrogens is 2. The molecule has 3 aromatic heterocycles. The van der Waals surface area contributed by atoms with Crippen LogP contribution in [0.4, 0.5) is 10.5 Å². The fraction of sp³-hybridized carbons (Fsp3) is 0.136. The molecule has 1 aromatic carbocycles. The highest BCUT2D eigenvalue weighted by Gasteiger charge is 2.25. The zero-order valence-electron chi connectivity index (χ0n) is 17.8. The van der Waals surface area contributed by atoms with Gasteiger partial charge in [0.25, 0.3) is 15.6 Å². The van der Waals surface area contributed by atoms with Crippen LogP contribution in [-0.2, 0) is 23.1 Å². The van der Waals surface area contributed by atoms with Crippen LogP contribution < -0.4 is 15.6 Å². The Morgan fingerprint density at radius 3 is 2.53 bits per heavy atom. The summed E-state index contributed by atoms with van der Waals surface area (Å²) in [5, 5.41) is 3.99. The molecular weight excluding hydrogens is 498 g/mol. The number of anilines is 1. The van der Waals surface area contributed by atoms with Crippen LogP contribution in [-0.4, -0.2) is 35.9 Å². The summed E-state index contributed by atoms with van der Waals surface area (Å²) in [6, 6.07) is 12.5. The van der Waals surface area contributed by atoms with Crippen molar-refractivity contribution in [3.8, 4) is 5.82 Å². The molecule has 1 aliphatic rings. The topological polar surface area (TPSA) is 113 Å². The Kier molecular flexibility index (Phi) is 5.64. The lowest BCUT2D eigenvalue weighted by Crippen LogP contribution is -2.34. The largest absolute Gasteiger partial charge is 0.333 e. The van der Waals surface area contributed by atoms with Crippen molar-refractivity contribution in [3.05, 3.63) is 80.7 Å². The van der Waals surface area contributed by atoms with E-state index in [9.17, 15) is 18.0 Å². The minimum absolute atomic E-state index is 0.0735. The number of nitrogens with one attached hydrogen (secondary N) is 2. The normalized spacial score (nSPS) is 13.7. The van der Waals surface area contributed by atoms with Gasteiger partial charge in [0.2, 0.25) is 0 Å². The Bertz CT molecular complexity index is 1600. The van der Waals surface area contributed by atoms with Gasteiger partial charge in [-0.3, -0.25) is 14.3 Å². The van der Waals surface area contributed by atoms with E-state index in [0.29, 0.717) is 22.1 Å². The van der Waals surface area contributed by atoms with Gasteiger partial charge in [0, 0.05) is 24.2 Å². The minimum Gasteiger partial charge on any atom is -0.306 e. The van der Waals surface area contributed by atoms with E-state index in [2.05, 4.69) is 15.2 Å². The zero-order valence-corrected chi connectivity index (χ0v) is 20.2. The molecule has 0 atom stereocenters. The Hall–Kier alpha value is -3.25. The molecule has 0 fully saturated rings. The Labute approximate surface area is 203 Å². The van der Waals surface area contributed by atoms with Gasteiger partial charge in [-0.2, -0.15) is 0 Å². The molecule has 2 amide bonds. The summed E-state index contributed by atoms with van der Waals surface area (Å²) in [5.74, 6) is 0.411. The van der Waals surface area contributed by atoms with Gasteiger partial charge < -0.3 is 5.32 Å². The quantitative estimate of drug-likeness (QED) is 0.429. The maximum Gasteiger partial charge on any atom is 0.333 e. The van der Waals surface area contributed by atoms with Crippen LogP contribution in [0.2, 0.25) is 4.34 Å². The van der Waals surface area contributed by atoms with Crippen LogP contribution in [0.15, 0.2) is 63.7 Å². The molecule has 12 heteroatoms. The van der Waals surface area contributed by atoms with E-state index in [4.69, 9.17) is 11.6 Å². The number of amides is 2. The predicted molar refractivity (Wildman–Crippen MR) is 131 cm³/mol. The Morgan fingerprint density at radius 2 is 1.85 bits per heavy atom. The highest BCUT2D eigenvalue weighted by atomic mass is 35.5. The lowest BCUT2D eigenvalue weighted by atomic mass is 10.1. The van der Waals surface area contributed by atoms with Crippen molar-refractivity contribution in [2.24, 2.45) is 0 Å². The van der Waals surface area contributed by atoms with Crippen molar-refractivity contribution in [2.45, 2.75) is 17.3 Å². The molecule has 4 heterocycles. The third-order valence-corrected chi connectivity index (χ3v) is 8.48. The van der Waals surface area contributed by atoms with Gasteiger partial charge in [0.05, 0.1) is 16.2 Å². The van der Waals surface area contributed by atoms with Crippen LogP contribution in [0.3, 0.4) is 0 Å². The number of hydrogen-bond acceptors (Lipinski definition) is 7. The van der Waals surface area contributed by atoms with Gasteiger partial charge in [-0.25, -0.2) is 22.9 Å². The van der Waals surface area contributed by atoms with E-state index in [1.54, 1.807) is 22.8 Å². The van der Waals surface area contributed by atoms with Gasteiger partial charge in [-0.05, 0) is 48.3 Å². The first-order valence-electron chi connectivity index (χ1n) is 10.1. The number of nitrogens with zero attached hydrogens (tertiary/aromatic N) is 3. The first kappa shape index (κ1) is 22.5. The van der Waals surface area contributed by atoms with E-state index in [0.717, 1.165) is 34.5 Å². The number of fused-ring (bicyclic) bond motifs is 3. The zero-order chi connectivity index (χ0) is 24.0. The van der Waals surface area contributed by atoms with Crippen molar-refractivity contribution in [2.75, 3.05) is 12.4 Å². The van der Waals surface area contributed by atoms with Crippen LogP contribution >= 0.6 is 22.9 Å². The minimum atomic E-state index is -4.05. The molecule has 0 unspecified atom stereocenters. The van der Waals surface area contributed by atoms with Crippen LogP contribution in [0, 0.1) is 0 Å². The van der Waals surface area contributed by atoms with E-state index in [1.165, 1.54) is 18.3 Å². The van der Waals surface area contributed by atoms with E-state index >= 15 is 0 Å². The van der Waals surface area contributed by atoms with Crippen molar-refractivity contribution in [3.63, 3.8) is 0 Å². The summed E-state index contributed by atoms with van der Waals surface area (Å²) in [6.07, 6.45) is 1.37. The average molecular weight is 516 g/mol. The summed E-state index contributed by atoms with van der Waals surface area (Å²) in [7, 11) is -2.06. The number of carbonyl (C=O) groups is 1. The molecular formula is C22H18ClN5O4S2. The van der Waals surface area contributed by atoms with Crippen LogP contribution in [0.1, 0.15) is 11.3 Å². The maximum atomic E-state index is 13.3. The Morgan fingerprint density at radius 1 is 1.09 bits per heavy atom. The molecule has 9 nitrogen and oxygen atoms in total. The first-order valence-corrected chi connectivity index (χ1v) is 12.8. The summed E-state index contributed by atoms with van der Waals surface area (Å²) < 4.78 is 28.3. The van der Waals surface area contributed by atoms with Crippen molar-refractivity contribution in [1.29, 1.82) is 0 Å². The second-order valence-corrected chi connectivity index (χ2v) is 11.4. The fourth-order valence-corrected chi connectivity index (χ4v) is 6.39. The summed E-state index contributed by atoms with van der Waals surface area (Å²) in [4.78, 5) is 32.0. The molecule has 2 N–H and O–H groups in total. The maximum absolute atomic E-state index is 13.3. The molecule has 0 spiro atoms. The van der Waals surface area contributed by atoms with Crippen molar-refractivity contribution >= 4 is 55.5 Å². The number of sulfonamides is 1. The van der Waals surface area contributed by atoms with Crippen LogP contribution in [0.25, 0.3) is 16.6 Å². The monoisotopic (exact) mass is 515 g/mol. The van der Waals surface area contributed by atoms with Gasteiger partial charge in [-0.15, -0.1) is 11.3 Å². The molecule has 5 rings (SSSR count). The summed E-state index contributed by atoms with van der Waals surface area (Å²) in [5.41, 5.74) is 2.05. The summed E-state index contributed by atoms with van der Waals surface area (Å²) >= 11 is 6.62. The average Bonchev–Trinajstić information content (AvgIpc) is 3.41. The molecule has 4 aromatic rings. The van der Waals surface area contributed by atoms with Crippen molar-refractivity contribution < 1.29 is 13.2 Å². The molecule has 0 radical (unpaired) electrons. The van der Waals surface area contributed by atoms with Gasteiger partial charge in [0.1, 0.15) is 10.0 Å². The second-order valence-electron chi connectivity index (χ2n) is 7.81. The molecule has 174 valence electrons. The highest BCUT2D eigenvalue weighted by Crippen LogP contribution is 2.29. The van der Waals surface area contributed by atoms with Gasteiger partial charge in [0.15, 0.2) is 0 Å². The highest BCUT2D eigenvalue weighted by molar-refractivity contribution is 7.92. The van der Waals surface area contributed by atoms with Crippen molar-refractivity contribution in [1.82, 2.24) is 19.2 Å². The van der Waals surface area contributed by atoms with E-state index < -0.39 is 16.1 Å². The number of rotatable bonds is 4. The first-order chi connectivity index (χ1) is 16.2. The number of carbonyl (C=O) groups excluding carboxylic acids is 1.